The summed E-state index contributed by atoms with van der Waals surface area (Å²) in [6.45, 7) is 6.37. The van der Waals surface area contributed by atoms with Crippen LogP contribution in [0.1, 0.15) is 48.4 Å². The maximum absolute atomic E-state index is 13.0. The Hall–Kier alpha value is -3.56. The zero-order valence-corrected chi connectivity index (χ0v) is 17.9. The van der Waals surface area contributed by atoms with Gasteiger partial charge in [0.1, 0.15) is 17.5 Å². The van der Waals surface area contributed by atoms with E-state index in [9.17, 15) is 28.2 Å². The lowest BCUT2D eigenvalue weighted by atomic mass is 9.98. The van der Waals surface area contributed by atoms with Crippen molar-refractivity contribution in [3.05, 3.63) is 53.3 Å². The van der Waals surface area contributed by atoms with Crippen LogP contribution in [0.2, 0.25) is 0 Å². The second-order valence-corrected chi connectivity index (χ2v) is 7.84. The largest absolute Gasteiger partial charge is 0.508 e. The third kappa shape index (κ3) is 4.53. The van der Waals surface area contributed by atoms with Crippen LogP contribution in [0.5, 0.6) is 11.5 Å². The van der Waals surface area contributed by atoms with E-state index in [0.717, 1.165) is 18.6 Å². The number of amides is 1. The summed E-state index contributed by atoms with van der Waals surface area (Å²) in [5, 5.41) is 30.3. The molecule has 3 rings (SSSR count). The molecule has 1 amide bonds. The topological polar surface area (TPSA) is 100 Å². The number of benzene rings is 2. The smallest absolute Gasteiger partial charge is 0.408 e. The molecule has 3 N–H and O–H groups in total. The Bertz CT molecular complexity index is 1140. The maximum atomic E-state index is 13.0. The van der Waals surface area contributed by atoms with E-state index in [1.807, 2.05) is 26.1 Å². The highest BCUT2D eigenvalue weighted by molar-refractivity contribution is 5.92. The molecule has 1 atom stereocenters. The molecule has 0 aliphatic carbocycles. The monoisotopic (exact) mass is 448 g/mol. The van der Waals surface area contributed by atoms with Crippen LogP contribution in [-0.2, 0) is 0 Å². The number of phenolic OH excluding ortho intramolecular Hbond substituents is 2. The Morgan fingerprint density at radius 1 is 1.03 bits per heavy atom. The summed E-state index contributed by atoms with van der Waals surface area (Å²) >= 11 is 0. The van der Waals surface area contributed by atoms with Gasteiger partial charge in [-0.15, -0.1) is 10.2 Å². The third-order valence-electron chi connectivity index (χ3n) is 5.00. The van der Waals surface area contributed by atoms with Gasteiger partial charge in [0, 0.05) is 11.8 Å². The number of carbonyl (C=O) groups is 1. The Morgan fingerprint density at radius 3 is 2.22 bits per heavy atom. The SMILES string of the molecule is Cc1ccc(-n2c(C(=O)NC(C)C(F)(F)F)nnc2-c2cc(C(C)C)c(O)cc2O)cc1. The summed E-state index contributed by atoms with van der Waals surface area (Å²) in [5.41, 5.74) is 2.03. The molecule has 32 heavy (non-hydrogen) atoms. The van der Waals surface area contributed by atoms with Gasteiger partial charge in [-0.2, -0.15) is 13.2 Å². The predicted molar refractivity (Wildman–Crippen MR) is 112 cm³/mol. The van der Waals surface area contributed by atoms with Crippen molar-refractivity contribution in [1.82, 2.24) is 20.1 Å². The van der Waals surface area contributed by atoms with E-state index in [-0.39, 0.29) is 34.6 Å². The van der Waals surface area contributed by atoms with Gasteiger partial charge in [0.2, 0.25) is 5.82 Å². The van der Waals surface area contributed by atoms with Gasteiger partial charge in [0.25, 0.3) is 5.91 Å². The summed E-state index contributed by atoms with van der Waals surface area (Å²) < 4.78 is 40.2. The van der Waals surface area contributed by atoms with Gasteiger partial charge in [0.05, 0.1) is 5.56 Å². The first-order valence-electron chi connectivity index (χ1n) is 9.86. The summed E-state index contributed by atoms with van der Waals surface area (Å²) in [6, 6.07) is 7.41. The van der Waals surface area contributed by atoms with E-state index in [4.69, 9.17) is 0 Å². The van der Waals surface area contributed by atoms with E-state index in [2.05, 4.69) is 10.2 Å². The molecule has 7 nitrogen and oxygen atoms in total. The number of nitrogens with zero attached hydrogens (tertiary/aromatic N) is 3. The Kier molecular flexibility index (Phi) is 6.16. The standard InChI is InChI=1S/C22H23F3N4O3/c1-11(2)15-9-16(18(31)10-17(15)30)19-27-28-20(21(32)26-13(4)22(23,24)25)29(19)14-7-5-12(3)6-8-14/h5-11,13,30-31H,1-4H3,(H,26,32). The van der Waals surface area contributed by atoms with Crippen LogP contribution in [0.15, 0.2) is 36.4 Å². The molecule has 0 saturated carbocycles. The molecular weight excluding hydrogens is 425 g/mol. The second kappa shape index (κ2) is 8.52. The van der Waals surface area contributed by atoms with Crippen molar-refractivity contribution < 1.29 is 28.2 Å². The van der Waals surface area contributed by atoms with Gasteiger partial charge >= 0.3 is 6.18 Å². The fourth-order valence-electron chi connectivity index (χ4n) is 3.12. The summed E-state index contributed by atoms with van der Waals surface area (Å²) in [5.74, 6) is -1.93. The number of carbonyl (C=O) groups excluding carboxylic acids is 1. The molecule has 2 aromatic carbocycles. The van der Waals surface area contributed by atoms with Crippen LogP contribution in [-0.4, -0.2) is 43.1 Å². The predicted octanol–water partition coefficient (Wildman–Crippen LogP) is 4.46. The van der Waals surface area contributed by atoms with Gasteiger partial charge in [0.15, 0.2) is 5.82 Å². The minimum absolute atomic E-state index is 0.0399. The molecule has 0 saturated heterocycles. The van der Waals surface area contributed by atoms with E-state index < -0.39 is 18.1 Å². The highest BCUT2D eigenvalue weighted by Gasteiger charge is 2.38. The van der Waals surface area contributed by atoms with Crippen molar-refractivity contribution in [2.24, 2.45) is 0 Å². The van der Waals surface area contributed by atoms with E-state index >= 15 is 0 Å². The first kappa shape index (κ1) is 23.1. The number of alkyl halides is 3. The molecule has 0 radical (unpaired) electrons. The summed E-state index contributed by atoms with van der Waals surface area (Å²) in [4.78, 5) is 12.7. The second-order valence-electron chi connectivity index (χ2n) is 7.84. The number of phenols is 2. The molecule has 0 bridgehead atoms. The summed E-state index contributed by atoms with van der Waals surface area (Å²) in [7, 11) is 0. The van der Waals surface area contributed by atoms with Crippen LogP contribution < -0.4 is 5.32 Å². The van der Waals surface area contributed by atoms with Crippen LogP contribution in [0, 0.1) is 6.92 Å². The average molecular weight is 448 g/mol. The van der Waals surface area contributed by atoms with Crippen molar-refractivity contribution >= 4 is 5.91 Å². The van der Waals surface area contributed by atoms with Gasteiger partial charge < -0.3 is 15.5 Å². The first-order valence-corrected chi connectivity index (χ1v) is 9.86. The molecule has 3 aromatic rings. The van der Waals surface area contributed by atoms with Crippen LogP contribution >= 0.6 is 0 Å². The maximum Gasteiger partial charge on any atom is 0.408 e. The van der Waals surface area contributed by atoms with Crippen molar-refractivity contribution in [2.45, 2.75) is 45.8 Å². The van der Waals surface area contributed by atoms with E-state index in [0.29, 0.717) is 11.3 Å². The quantitative estimate of drug-likeness (QED) is 0.535. The fourth-order valence-corrected chi connectivity index (χ4v) is 3.12. The molecule has 1 unspecified atom stereocenters. The Morgan fingerprint density at radius 2 is 1.66 bits per heavy atom. The molecule has 0 spiro atoms. The van der Waals surface area contributed by atoms with E-state index in [1.54, 1.807) is 24.3 Å². The molecule has 0 aliphatic rings. The number of hydrogen-bond donors (Lipinski definition) is 3. The van der Waals surface area contributed by atoms with Gasteiger partial charge in [-0.25, -0.2) is 0 Å². The minimum Gasteiger partial charge on any atom is -0.508 e. The van der Waals surface area contributed by atoms with Crippen LogP contribution in [0.3, 0.4) is 0 Å². The van der Waals surface area contributed by atoms with Gasteiger partial charge in [-0.1, -0.05) is 31.5 Å². The van der Waals surface area contributed by atoms with Crippen molar-refractivity contribution in [3.63, 3.8) is 0 Å². The first-order chi connectivity index (χ1) is 14.9. The van der Waals surface area contributed by atoms with Gasteiger partial charge in [-0.3, -0.25) is 9.36 Å². The summed E-state index contributed by atoms with van der Waals surface area (Å²) in [6.07, 6.45) is -4.63. The number of aromatic nitrogens is 3. The molecule has 1 aromatic heterocycles. The number of nitrogens with one attached hydrogen (secondary N) is 1. The number of halogens is 3. The molecule has 170 valence electrons. The lowest BCUT2D eigenvalue weighted by Gasteiger charge is -2.18. The highest BCUT2D eigenvalue weighted by atomic mass is 19.4. The zero-order valence-electron chi connectivity index (χ0n) is 17.9. The third-order valence-corrected chi connectivity index (χ3v) is 5.00. The number of aryl methyl sites for hydroxylation is 1. The Labute approximate surface area is 182 Å². The van der Waals surface area contributed by atoms with Gasteiger partial charge in [-0.05, 0) is 43.5 Å². The van der Waals surface area contributed by atoms with Crippen molar-refractivity contribution in [3.8, 4) is 28.6 Å². The van der Waals surface area contributed by atoms with Crippen LogP contribution in [0.25, 0.3) is 17.1 Å². The number of aromatic hydroxyl groups is 2. The number of hydrogen-bond acceptors (Lipinski definition) is 5. The lowest BCUT2D eigenvalue weighted by molar-refractivity contribution is -0.149. The normalized spacial score (nSPS) is 12.8. The van der Waals surface area contributed by atoms with Crippen molar-refractivity contribution in [1.29, 1.82) is 0 Å². The lowest BCUT2D eigenvalue weighted by Crippen LogP contribution is -2.43. The molecule has 10 heteroatoms. The minimum atomic E-state index is -4.63. The molecular formula is C22H23F3N4O3. The zero-order chi connectivity index (χ0) is 23.8. The van der Waals surface area contributed by atoms with Crippen LogP contribution in [0.4, 0.5) is 13.2 Å². The molecule has 1 heterocycles. The fraction of sp³-hybridized carbons (Fsp3) is 0.318. The highest BCUT2D eigenvalue weighted by Crippen LogP contribution is 2.38. The Balaban J connectivity index is 2.20. The number of rotatable bonds is 5. The average Bonchev–Trinajstić information content (AvgIpc) is 3.12. The van der Waals surface area contributed by atoms with E-state index in [1.165, 1.54) is 10.6 Å². The van der Waals surface area contributed by atoms with Crippen molar-refractivity contribution in [2.75, 3.05) is 0 Å². The molecule has 0 aliphatic heterocycles. The molecule has 0 fully saturated rings.